The van der Waals surface area contributed by atoms with Crippen LogP contribution < -0.4 is 5.32 Å². The lowest BCUT2D eigenvalue weighted by Gasteiger charge is -2.23. The molecule has 4 nitrogen and oxygen atoms in total. The van der Waals surface area contributed by atoms with Gasteiger partial charge in [-0.15, -0.1) is 0 Å². The van der Waals surface area contributed by atoms with Gasteiger partial charge >= 0.3 is 0 Å². The standard InChI is InChI=1S/C14H22N2O2S/c1-3-13-7-5-9-16(13)19(17,18)14-8-4-6-12(10-14)11-15-2/h4,6,8,10,13,15H,3,5,7,9,11H2,1-2H3. The third kappa shape index (κ3) is 2.99. The minimum absolute atomic E-state index is 0.165. The van der Waals surface area contributed by atoms with Gasteiger partial charge in [-0.3, -0.25) is 0 Å². The largest absolute Gasteiger partial charge is 0.316 e. The number of nitrogens with zero attached hydrogens (tertiary/aromatic N) is 1. The molecule has 1 aliphatic heterocycles. The van der Waals surface area contributed by atoms with Crippen molar-refractivity contribution in [1.29, 1.82) is 0 Å². The van der Waals surface area contributed by atoms with Crippen LogP contribution in [0.2, 0.25) is 0 Å². The summed E-state index contributed by atoms with van der Waals surface area (Å²) in [6, 6.07) is 7.39. The summed E-state index contributed by atoms with van der Waals surface area (Å²) in [4.78, 5) is 0.417. The summed E-state index contributed by atoms with van der Waals surface area (Å²) < 4.78 is 27.0. The van der Waals surface area contributed by atoms with Gasteiger partial charge in [0, 0.05) is 19.1 Å². The Bertz CT molecular complexity index is 528. The Morgan fingerprint density at radius 1 is 1.42 bits per heavy atom. The van der Waals surface area contributed by atoms with Gasteiger partial charge in [0.05, 0.1) is 4.90 Å². The molecule has 1 unspecified atom stereocenters. The molecule has 106 valence electrons. The number of hydrogen-bond donors (Lipinski definition) is 1. The number of rotatable bonds is 5. The molecule has 1 aliphatic rings. The molecule has 0 spiro atoms. The number of hydrogen-bond acceptors (Lipinski definition) is 3. The van der Waals surface area contributed by atoms with E-state index >= 15 is 0 Å². The van der Waals surface area contributed by atoms with Crippen LogP contribution in [0.5, 0.6) is 0 Å². The van der Waals surface area contributed by atoms with Crippen LogP contribution in [0.4, 0.5) is 0 Å². The predicted molar refractivity (Wildman–Crippen MR) is 76.4 cm³/mol. The second kappa shape index (κ2) is 6.03. The van der Waals surface area contributed by atoms with E-state index in [0.29, 0.717) is 18.0 Å². The molecule has 0 aromatic heterocycles. The molecule has 19 heavy (non-hydrogen) atoms. The maximum atomic E-state index is 12.7. The molecule has 1 fully saturated rings. The topological polar surface area (TPSA) is 49.4 Å². The maximum Gasteiger partial charge on any atom is 0.243 e. The monoisotopic (exact) mass is 282 g/mol. The van der Waals surface area contributed by atoms with E-state index in [2.05, 4.69) is 12.2 Å². The van der Waals surface area contributed by atoms with Crippen LogP contribution in [0.25, 0.3) is 0 Å². The first-order chi connectivity index (χ1) is 9.09. The van der Waals surface area contributed by atoms with Crippen molar-refractivity contribution in [2.24, 2.45) is 0 Å². The molecule has 1 aromatic rings. The molecule has 0 saturated carbocycles. The Morgan fingerprint density at radius 3 is 2.89 bits per heavy atom. The molecule has 0 aliphatic carbocycles. The summed E-state index contributed by atoms with van der Waals surface area (Å²) in [6.45, 7) is 3.38. The second-order valence-electron chi connectivity index (χ2n) is 5.00. The SMILES string of the molecule is CCC1CCCN1S(=O)(=O)c1cccc(CNC)c1. The summed E-state index contributed by atoms with van der Waals surface area (Å²) in [5.41, 5.74) is 0.996. The first-order valence-corrected chi connectivity index (χ1v) is 8.29. The quantitative estimate of drug-likeness (QED) is 0.898. The smallest absolute Gasteiger partial charge is 0.243 e. The lowest BCUT2D eigenvalue weighted by molar-refractivity contribution is 0.379. The van der Waals surface area contributed by atoms with E-state index in [9.17, 15) is 8.42 Å². The molecule has 0 amide bonds. The minimum atomic E-state index is -3.34. The number of benzene rings is 1. The highest BCUT2D eigenvalue weighted by Crippen LogP contribution is 2.27. The van der Waals surface area contributed by atoms with Crippen molar-refractivity contribution in [3.63, 3.8) is 0 Å². The zero-order valence-electron chi connectivity index (χ0n) is 11.6. The average Bonchev–Trinajstić information content (AvgIpc) is 2.88. The Hall–Kier alpha value is -0.910. The molecule has 5 heteroatoms. The van der Waals surface area contributed by atoms with Gasteiger partial charge in [0.15, 0.2) is 0 Å². The van der Waals surface area contributed by atoms with Crippen molar-refractivity contribution in [2.75, 3.05) is 13.6 Å². The zero-order valence-corrected chi connectivity index (χ0v) is 12.4. The molecule has 1 N–H and O–H groups in total. The molecule has 1 heterocycles. The molecular weight excluding hydrogens is 260 g/mol. The van der Waals surface area contributed by atoms with Gasteiger partial charge in [0.2, 0.25) is 10.0 Å². The lowest BCUT2D eigenvalue weighted by atomic mass is 10.2. The third-order valence-corrected chi connectivity index (χ3v) is 5.63. The van der Waals surface area contributed by atoms with Crippen LogP contribution in [-0.4, -0.2) is 32.4 Å². The second-order valence-corrected chi connectivity index (χ2v) is 6.89. The Kier molecular flexibility index (Phi) is 4.60. The van der Waals surface area contributed by atoms with Gasteiger partial charge in [-0.2, -0.15) is 4.31 Å². The Labute approximate surface area is 115 Å². The van der Waals surface area contributed by atoms with E-state index in [0.717, 1.165) is 24.8 Å². The van der Waals surface area contributed by atoms with E-state index in [1.165, 1.54) is 0 Å². The van der Waals surface area contributed by atoms with Crippen molar-refractivity contribution in [3.8, 4) is 0 Å². The summed E-state index contributed by atoms with van der Waals surface area (Å²) in [5, 5.41) is 3.04. The fourth-order valence-corrected chi connectivity index (χ4v) is 4.53. The van der Waals surface area contributed by atoms with E-state index in [4.69, 9.17) is 0 Å². The summed E-state index contributed by atoms with van der Waals surface area (Å²) in [6.07, 6.45) is 2.83. The van der Waals surface area contributed by atoms with Crippen molar-refractivity contribution >= 4 is 10.0 Å². The lowest BCUT2D eigenvalue weighted by Crippen LogP contribution is -2.35. The molecule has 0 bridgehead atoms. The van der Waals surface area contributed by atoms with Crippen molar-refractivity contribution < 1.29 is 8.42 Å². The normalized spacial score (nSPS) is 20.8. The fraction of sp³-hybridized carbons (Fsp3) is 0.571. The zero-order chi connectivity index (χ0) is 13.9. The predicted octanol–water partition coefficient (Wildman–Crippen LogP) is 1.97. The third-order valence-electron chi connectivity index (χ3n) is 3.68. The van der Waals surface area contributed by atoms with Crippen LogP contribution in [0, 0.1) is 0 Å². The van der Waals surface area contributed by atoms with Crippen LogP contribution >= 0.6 is 0 Å². The first kappa shape index (κ1) is 14.5. The Balaban J connectivity index is 2.31. The highest BCUT2D eigenvalue weighted by Gasteiger charge is 2.34. The summed E-state index contributed by atoms with van der Waals surface area (Å²) in [7, 11) is -1.48. The number of nitrogens with one attached hydrogen (secondary N) is 1. The van der Waals surface area contributed by atoms with E-state index in [1.54, 1.807) is 16.4 Å². The van der Waals surface area contributed by atoms with Crippen molar-refractivity contribution in [1.82, 2.24) is 9.62 Å². The average molecular weight is 282 g/mol. The summed E-state index contributed by atoms with van der Waals surface area (Å²) >= 11 is 0. The molecule has 1 atom stereocenters. The van der Waals surface area contributed by atoms with Gasteiger partial charge in [0.25, 0.3) is 0 Å². The molecule has 1 aromatic carbocycles. The van der Waals surface area contributed by atoms with Crippen LogP contribution in [0.15, 0.2) is 29.2 Å². The van der Waals surface area contributed by atoms with Gasteiger partial charge in [-0.1, -0.05) is 19.1 Å². The van der Waals surface area contributed by atoms with Gasteiger partial charge in [0.1, 0.15) is 0 Å². The highest BCUT2D eigenvalue weighted by molar-refractivity contribution is 7.89. The van der Waals surface area contributed by atoms with E-state index in [-0.39, 0.29) is 6.04 Å². The van der Waals surface area contributed by atoms with Crippen LogP contribution in [0.1, 0.15) is 31.7 Å². The van der Waals surface area contributed by atoms with Gasteiger partial charge < -0.3 is 5.32 Å². The molecule has 0 radical (unpaired) electrons. The van der Waals surface area contributed by atoms with Gasteiger partial charge in [-0.05, 0) is 44.0 Å². The van der Waals surface area contributed by atoms with Crippen molar-refractivity contribution in [2.45, 2.75) is 43.7 Å². The maximum absolute atomic E-state index is 12.7. The van der Waals surface area contributed by atoms with Crippen LogP contribution in [-0.2, 0) is 16.6 Å². The van der Waals surface area contributed by atoms with E-state index < -0.39 is 10.0 Å². The Morgan fingerprint density at radius 2 is 2.21 bits per heavy atom. The summed E-state index contributed by atoms with van der Waals surface area (Å²) in [5.74, 6) is 0. The van der Waals surface area contributed by atoms with Gasteiger partial charge in [-0.25, -0.2) is 8.42 Å². The van der Waals surface area contributed by atoms with Crippen LogP contribution in [0.3, 0.4) is 0 Å². The van der Waals surface area contributed by atoms with E-state index in [1.807, 2.05) is 19.2 Å². The highest BCUT2D eigenvalue weighted by atomic mass is 32.2. The number of sulfonamides is 1. The minimum Gasteiger partial charge on any atom is -0.316 e. The molecule has 2 rings (SSSR count). The van der Waals surface area contributed by atoms with Crippen molar-refractivity contribution in [3.05, 3.63) is 29.8 Å². The fourth-order valence-electron chi connectivity index (χ4n) is 2.69. The molecule has 1 saturated heterocycles. The molecular formula is C14H22N2O2S. The first-order valence-electron chi connectivity index (χ1n) is 6.85.